The fourth-order valence-corrected chi connectivity index (χ4v) is 2.33. The van der Waals surface area contributed by atoms with Crippen LogP contribution in [0.3, 0.4) is 0 Å². The second-order valence-corrected chi connectivity index (χ2v) is 4.86. The summed E-state index contributed by atoms with van der Waals surface area (Å²) in [6.45, 7) is 5.57. The number of carbonyl (C=O) groups excluding carboxylic acids is 1. The van der Waals surface area contributed by atoms with Crippen LogP contribution in [0.1, 0.15) is 39.8 Å². The Balaban J connectivity index is 2.37. The summed E-state index contributed by atoms with van der Waals surface area (Å²) < 4.78 is 31.9. The van der Waals surface area contributed by atoms with E-state index in [0.717, 1.165) is 23.4 Å². The number of hydrogen-bond donors (Lipinski definition) is 1. The Kier molecular flexibility index (Phi) is 4.40. The van der Waals surface area contributed by atoms with Gasteiger partial charge in [-0.3, -0.25) is 0 Å². The highest BCUT2D eigenvalue weighted by Crippen LogP contribution is 2.23. The minimum Gasteiger partial charge on any atom is -0.461 e. The summed E-state index contributed by atoms with van der Waals surface area (Å²) in [4.78, 5) is 14.8. The standard InChI is InChI=1S/C16H17F2NO2/c1-4-21-16(20)15-9(2)13(10(3)19-15)8-11-7-12(17)5-6-14(11)18/h5-7,19H,4,8H2,1-3H3. The molecule has 1 aromatic heterocycles. The molecule has 2 rings (SSSR count). The van der Waals surface area contributed by atoms with Crippen molar-refractivity contribution in [1.82, 2.24) is 4.98 Å². The molecule has 0 spiro atoms. The summed E-state index contributed by atoms with van der Waals surface area (Å²) in [6, 6.07) is 3.36. The molecule has 0 aliphatic carbocycles. The third-order valence-corrected chi connectivity index (χ3v) is 3.45. The fourth-order valence-electron chi connectivity index (χ4n) is 2.33. The number of benzene rings is 1. The highest BCUT2D eigenvalue weighted by Gasteiger charge is 2.19. The predicted molar refractivity (Wildman–Crippen MR) is 75.4 cm³/mol. The molecule has 1 aromatic carbocycles. The van der Waals surface area contributed by atoms with Gasteiger partial charge in [-0.25, -0.2) is 13.6 Å². The van der Waals surface area contributed by atoms with Crippen LogP contribution in [-0.2, 0) is 11.2 Å². The second-order valence-electron chi connectivity index (χ2n) is 4.86. The number of hydrogen-bond acceptors (Lipinski definition) is 2. The van der Waals surface area contributed by atoms with Crippen LogP contribution in [0.25, 0.3) is 0 Å². The van der Waals surface area contributed by atoms with Crippen LogP contribution in [0, 0.1) is 25.5 Å². The number of halogens is 2. The number of aromatic nitrogens is 1. The van der Waals surface area contributed by atoms with E-state index in [0.29, 0.717) is 11.3 Å². The Labute approximate surface area is 121 Å². The summed E-state index contributed by atoms with van der Waals surface area (Å²) in [6.07, 6.45) is 0.219. The second kappa shape index (κ2) is 6.08. The number of aryl methyl sites for hydroxylation is 1. The van der Waals surface area contributed by atoms with Gasteiger partial charge in [0.25, 0.3) is 0 Å². The first kappa shape index (κ1) is 15.2. The van der Waals surface area contributed by atoms with Crippen LogP contribution in [0.15, 0.2) is 18.2 Å². The zero-order valence-corrected chi connectivity index (χ0v) is 12.2. The molecule has 3 nitrogen and oxygen atoms in total. The molecule has 0 atom stereocenters. The molecule has 0 radical (unpaired) electrons. The number of H-pyrrole nitrogens is 1. The van der Waals surface area contributed by atoms with Gasteiger partial charge >= 0.3 is 5.97 Å². The lowest BCUT2D eigenvalue weighted by atomic mass is 10.0. The fraction of sp³-hybridized carbons (Fsp3) is 0.312. The first-order valence-corrected chi connectivity index (χ1v) is 6.73. The summed E-state index contributed by atoms with van der Waals surface area (Å²) in [5.74, 6) is -1.39. The van der Waals surface area contributed by atoms with Crippen molar-refractivity contribution in [3.05, 3.63) is 57.9 Å². The van der Waals surface area contributed by atoms with Gasteiger partial charge in [-0.05, 0) is 55.7 Å². The van der Waals surface area contributed by atoms with Crippen molar-refractivity contribution in [2.45, 2.75) is 27.2 Å². The molecule has 0 aliphatic heterocycles. The monoisotopic (exact) mass is 293 g/mol. The molecule has 1 N–H and O–H groups in total. The Bertz CT molecular complexity index is 677. The average Bonchev–Trinajstić information content (AvgIpc) is 2.71. The van der Waals surface area contributed by atoms with E-state index in [1.165, 1.54) is 6.07 Å². The van der Waals surface area contributed by atoms with E-state index in [4.69, 9.17) is 4.74 Å². The first-order chi connectivity index (χ1) is 9.93. The molecule has 0 amide bonds. The maximum atomic E-state index is 13.7. The SMILES string of the molecule is CCOC(=O)c1[nH]c(C)c(Cc2cc(F)ccc2F)c1C. The molecule has 21 heavy (non-hydrogen) atoms. The van der Waals surface area contributed by atoms with Gasteiger partial charge in [0.1, 0.15) is 17.3 Å². The zero-order valence-electron chi connectivity index (χ0n) is 12.2. The quantitative estimate of drug-likeness (QED) is 0.874. The molecule has 112 valence electrons. The Morgan fingerprint density at radius 1 is 1.29 bits per heavy atom. The van der Waals surface area contributed by atoms with Crippen LogP contribution < -0.4 is 0 Å². The third kappa shape index (κ3) is 3.12. The van der Waals surface area contributed by atoms with Gasteiger partial charge in [0.05, 0.1) is 6.61 Å². The topological polar surface area (TPSA) is 42.1 Å². The molecular weight excluding hydrogens is 276 g/mol. The van der Waals surface area contributed by atoms with Crippen LogP contribution in [0.5, 0.6) is 0 Å². The summed E-state index contributed by atoms with van der Waals surface area (Å²) in [7, 11) is 0. The Morgan fingerprint density at radius 2 is 2.00 bits per heavy atom. The molecule has 1 heterocycles. The highest BCUT2D eigenvalue weighted by molar-refractivity contribution is 5.89. The lowest BCUT2D eigenvalue weighted by Crippen LogP contribution is -2.06. The van der Waals surface area contributed by atoms with Crippen LogP contribution in [-0.4, -0.2) is 17.6 Å². The van der Waals surface area contributed by atoms with E-state index in [1.54, 1.807) is 20.8 Å². The Morgan fingerprint density at radius 3 is 2.67 bits per heavy atom. The van der Waals surface area contributed by atoms with Gasteiger partial charge in [0, 0.05) is 12.1 Å². The zero-order chi connectivity index (χ0) is 15.6. The van der Waals surface area contributed by atoms with Gasteiger partial charge < -0.3 is 9.72 Å². The van der Waals surface area contributed by atoms with Crippen molar-refractivity contribution in [3.8, 4) is 0 Å². The van der Waals surface area contributed by atoms with E-state index in [1.807, 2.05) is 0 Å². The van der Waals surface area contributed by atoms with Crippen LogP contribution in [0.2, 0.25) is 0 Å². The lowest BCUT2D eigenvalue weighted by molar-refractivity contribution is 0.0519. The van der Waals surface area contributed by atoms with Gasteiger partial charge in [0.2, 0.25) is 0 Å². The van der Waals surface area contributed by atoms with Gasteiger partial charge in [-0.15, -0.1) is 0 Å². The van der Waals surface area contributed by atoms with E-state index in [-0.39, 0.29) is 18.6 Å². The highest BCUT2D eigenvalue weighted by atomic mass is 19.1. The maximum absolute atomic E-state index is 13.7. The Hall–Kier alpha value is -2.17. The largest absolute Gasteiger partial charge is 0.461 e. The molecule has 0 bridgehead atoms. The number of ether oxygens (including phenoxy) is 1. The number of esters is 1. The molecule has 0 fully saturated rings. The molecule has 0 unspecified atom stereocenters. The van der Waals surface area contributed by atoms with E-state index in [9.17, 15) is 13.6 Å². The summed E-state index contributed by atoms with van der Waals surface area (Å²) in [5.41, 5.74) is 2.85. The number of carbonyl (C=O) groups is 1. The maximum Gasteiger partial charge on any atom is 0.355 e. The third-order valence-electron chi connectivity index (χ3n) is 3.45. The first-order valence-electron chi connectivity index (χ1n) is 6.73. The summed E-state index contributed by atoms with van der Waals surface area (Å²) in [5, 5.41) is 0. The smallest absolute Gasteiger partial charge is 0.355 e. The molecule has 0 aliphatic rings. The number of nitrogens with one attached hydrogen (secondary N) is 1. The van der Waals surface area contributed by atoms with Crippen molar-refractivity contribution in [3.63, 3.8) is 0 Å². The van der Waals surface area contributed by atoms with Crippen molar-refractivity contribution in [2.24, 2.45) is 0 Å². The molecule has 2 aromatic rings. The van der Waals surface area contributed by atoms with Crippen molar-refractivity contribution in [1.29, 1.82) is 0 Å². The van der Waals surface area contributed by atoms with Gasteiger partial charge in [-0.1, -0.05) is 0 Å². The lowest BCUT2D eigenvalue weighted by Gasteiger charge is -2.05. The molecule has 5 heteroatoms. The minimum atomic E-state index is -0.483. The summed E-state index contributed by atoms with van der Waals surface area (Å²) >= 11 is 0. The minimum absolute atomic E-state index is 0.219. The van der Waals surface area contributed by atoms with E-state index >= 15 is 0 Å². The van der Waals surface area contributed by atoms with Crippen molar-refractivity contribution >= 4 is 5.97 Å². The number of rotatable bonds is 4. The van der Waals surface area contributed by atoms with Gasteiger partial charge in [0.15, 0.2) is 0 Å². The number of aromatic amines is 1. The predicted octanol–water partition coefficient (Wildman–Crippen LogP) is 3.68. The van der Waals surface area contributed by atoms with E-state index < -0.39 is 17.6 Å². The molecule has 0 saturated carbocycles. The molecular formula is C16H17F2NO2. The molecule has 0 saturated heterocycles. The van der Waals surface area contributed by atoms with Crippen LogP contribution in [0.4, 0.5) is 8.78 Å². The van der Waals surface area contributed by atoms with Crippen molar-refractivity contribution < 1.29 is 18.3 Å². The van der Waals surface area contributed by atoms with Crippen molar-refractivity contribution in [2.75, 3.05) is 6.61 Å². The average molecular weight is 293 g/mol. The van der Waals surface area contributed by atoms with Crippen LogP contribution >= 0.6 is 0 Å². The van der Waals surface area contributed by atoms with E-state index in [2.05, 4.69) is 4.98 Å². The normalized spacial score (nSPS) is 10.7. The van der Waals surface area contributed by atoms with Gasteiger partial charge in [-0.2, -0.15) is 0 Å².